The fourth-order valence-electron chi connectivity index (χ4n) is 3.26. The molecule has 0 unspecified atom stereocenters. The molecule has 0 saturated heterocycles. The maximum Gasteiger partial charge on any atom is 0.261 e. The van der Waals surface area contributed by atoms with Gasteiger partial charge in [0.1, 0.15) is 0 Å². The summed E-state index contributed by atoms with van der Waals surface area (Å²) in [6, 6.07) is 21.3. The number of hydrogen-bond acceptors (Lipinski definition) is 3. The fourth-order valence-corrected chi connectivity index (χ4v) is 4.38. The summed E-state index contributed by atoms with van der Waals surface area (Å²) < 4.78 is 28.1. The largest absolute Gasteiger partial charge is 0.345 e. The summed E-state index contributed by atoms with van der Waals surface area (Å²) in [4.78, 5) is 13.1. The number of anilines is 1. The molecule has 3 aromatic carbocycles. The highest BCUT2D eigenvalue weighted by Gasteiger charge is 2.20. The van der Waals surface area contributed by atoms with Crippen LogP contribution in [-0.4, -0.2) is 14.3 Å². The van der Waals surface area contributed by atoms with Gasteiger partial charge in [-0.05, 0) is 55.7 Å². The molecule has 1 atom stereocenters. The van der Waals surface area contributed by atoms with Gasteiger partial charge >= 0.3 is 0 Å². The van der Waals surface area contributed by atoms with Crippen molar-refractivity contribution in [3.63, 3.8) is 0 Å². The average Bonchev–Trinajstić information content (AvgIpc) is 2.74. The normalized spacial score (nSPS) is 12.2. The van der Waals surface area contributed by atoms with Gasteiger partial charge in [0.05, 0.1) is 16.6 Å². The van der Waals surface area contributed by atoms with E-state index in [0.29, 0.717) is 16.8 Å². The predicted molar refractivity (Wildman–Crippen MR) is 120 cm³/mol. The van der Waals surface area contributed by atoms with E-state index in [1.807, 2.05) is 44.2 Å². The molecule has 0 aliphatic rings. The van der Waals surface area contributed by atoms with E-state index < -0.39 is 10.0 Å². The molecule has 0 saturated carbocycles. The molecule has 0 aromatic heterocycles. The second kappa shape index (κ2) is 9.13. The second-order valence-electron chi connectivity index (χ2n) is 7.24. The zero-order valence-electron chi connectivity index (χ0n) is 17.3. The number of rotatable bonds is 7. The first-order chi connectivity index (χ1) is 14.3. The minimum Gasteiger partial charge on any atom is -0.345 e. The van der Waals surface area contributed by atoms with Crippen LogP contribution in [0.4, 0.5) is 5.69 Å². The monoisotopic (exact) mass is 422 g/mol. The molecule has 0 radical (unpaired) electrons. The summed E-state index contributed by atoms with van der Waals surface area (Å²) in [6.07, 6.45) is 0.745. The Morgan fingerprint density at radius 1 is 0.900 bits per heavy atom. The van der Waals surface area contributed by atoms with Crippen molar-refractivity contribution in [2.24, 2.45) is 0 Å². The maximum atomic E-state index is 12.9. The highest BCUT2D eigenvalue weighted by Crippen LogP contribution is 2.24. The first-order valence-electron chi connectivity index (χ1n) is 9.86. The van der Waals surface area contributed by atoms with Gasteiger partial charge in [-0.3, -0.25) is 9.52 Å². The fraction of sp³-hybridized carbons (Fsp3) is 0.208. The van der Waals surface area contributed by atoms with E-state index in [0.717, 1.165) is 17.5 Å². The Hall–Kier alpha value is -3.12. The molecular weight excluding hydrogens is 396 g/mol. The van der Waals surface area contributed by atoms with Gasteiger partial charge in [-0.15, -0.1) is 0 Å². The molecule has 5 nitrogen and oxygen atoms in total. The zero-order valence-corrected chi connectivity index (χ0v) is 18.2. The van der Waals surface area contributed by atoms with Crippen molar-refractivity contribution >= 4 is 21.6 Å². The standard InChI is InChI=1S/C24H26N2O3S/c1-4-22(19-9-6-5-7-10-19)25-24(27)21-11-8-12-23(18(21)3)26-30(28,29)20-15-13-17(2)14-16-20/h5-16,22,26H,4H2,1-3H3,(H,25,27)/t22-/m1/s1. The predicted octanol–water partition coefficient (Wildman–Crippen LogP) is 4.99. The first-order valence-corrected chi connectivity index (χ1v) is 11.3. The van der Waals surface area contributed by atoms with Crippen molar-refractivity contribution in [3.05, 3.63) is 95.1 Å². The van der Waals surface area contributed by atoms with Gasteiger partial charge in [-0.25, -0.2) is 8.42 Å². The number of carbonyl (C=O) groups excluding carboxylic acids is 1. The van der Waals surface area contributed by atoms with Crippen LogP contribution in [-0.2, 0) is 10.0 Å². The summed E-state index contributed by atoms with van der Waals surface area (Å²) in [5.41, 5.74) is 3.41. The van der Waals surface area contributed by atoms with Gasteiger partial charge in [0, 0.05) is 5.56 Å². The van der Waals surface area contributed by atoms with Crippen LogP contribution in [0.3, 0.4) is 0 Å². The third-order valence-electron chi connectivity index (χ3n) is 5.07. The smallest absolute Gasteiger partial charge is 0.261 e. The molecule has 0 aliphatic heterocycles. The van der Waals surface area contributed by atoms with Crippen LogP contribution in [0.15, 0.2) is 77.7 Å². The number of nitrogens with one attached hydrogen (secondary N) is 2. The van der Waals surface area contributed by atoms with Crippen LogP contribution in [0.5, 0.6) is 0 Å². The summed E-state index contributed by atoms with van der Waals surface area (Å²) >= 11 is 0. The average molecular weight is 423 g/mol. The summed E-state index contributed by atoms with van der Waals surface area (Å²) in [5, 5.41) is 3.05. The number of hydrogen-bond donors (Lipinski definition) is 2. The van der Waals surface area contributed by atoms with Gasteiger partial charge in [0.25, 0.3) is 15.9 Å². The Morgan fingerprint density at radius 2 is 1.57 bits per heavy atom. The topological polar surface area (TPSA) is 75.3 Å². The van der Waals surface area contributed by atoms with Crippen LogP contribution in [0.25, 0.3) is 0 Å². The molecule has 0 bridgehead atoms. The molecule has 0 aliphatic carbocycles. The summed E-state index contributed by atoms with van der Waals surface area (Å²) in [5.74, 6) is -0.236. The minimum absolute atomic E-state index is 0.119. The summed E-state index contributed by atoms with van der Waals surface area (Å²) in [7, 11) is -3.75. The van der Waals surface area contributed by atoms with Gasteiger partial charge < -0.3 is 5.32 Å². The number of aryl methyl sites for hydroxylation is 1. The van der Waals surface area contributed by atoms with E-state index in [1.165, 1.54) is 0 Å². The van der Waals surface area contributed by atoms with E-state index in [1.54, 1.807) is 49.4 Å². The number of amides is 1. The van der Waals surface area contributed by atoms with E-state index in [4.69, 9.17) is 0 Å². The molecule has 2 N–H and O–H groups in total. The van der Waals surface area contributed by atoms with Crippen LogP contribution >= 0.6 is 0 Å². The van der Waals surface area contributed by atoms with Crippen molar-refractivity contribution in [2.45, 2.75) is 38.1 Å². The lowest BCUT2D eigenvalue weighted by Crippen LogP contribution is -2.29. The van der Waals surface area contributed by atoms with Crippen molar-refractivity contribution in [3.8, 4) is 0 Å². The number of carbonyl (C=O) groups is 1. The quantitative estimate of drug-likeness (QED) is 0.563. The highest BCUT2D eigenvalue weighted by molar-refractivity contribution is 7.92. The van der Waals surface area contributed by atoms with Crippen molar-refractivity contribution in [2.75, 3.05) is 4.72 Å². The summed E-state index contributed by atoms with van der Waals surface area (Å²) in [6.45, 7) is 5.65. The van der Waals surface area contributed by atoms with Crippen molar-refractivity contribution < 1.29 is 13.2 Å². The third kappa shape index (κ3) is 4.89. The third-order valence-corrected chi connectivity index (χ3v) is 6.45. The molecule has 6 heteroatoms. The lowest BCUT2D eigenvalue weighted by molar-refractivity contribution is 0.0935. The number of benzene rings is 3. The molecule has 3 rings (SSSR count). The van der Waals surface area contributed by atoms with Gasteiger partial charge in [0.15, 0.2) is 0 Å². The minimum atomic E-state index is -3.75. The molecule has 3 aromatic rings. The van der Waals surface area contributed by atoms with E-state index in [2.05, 4.69) is 10.0 Å². The Kier molecular flexibility index (Phi) is 6.57. The molecule has 30 heavy (non-hydrogen) atoms. The Balaban J connectivity index is 1.83. The molecule has 156 valence electrons. The maximum absolute atomic E-state index is 12.9. The second-order valence-corrected chi connectivity index (χ2v) is 8.92. The lowest BCUT2D eigenvalue weighted by atomic mass is 10.0. The van der Waals surface area contributed by atoms with Gasteiger partial charge in [0.2, 0.25) is 0 Å². The number of sulfonamides is 1. The lowest BCUT2D eigenvalue weighted by Gasteiger charge is -2.19. The van der Waals surface area contributed by atoms with Crippen LogP contribution in [0, 0.1) is 13.8 Å². The zero-order chi connectivity index (χ0) is 21.7. The van der Waals surface area contributed by atoms with Crippen molar-refractivity contribution in [1.29, 1.82) is 0 Å². The van der Waals surface area contributed by atoms with Crippen LogP contribution in [0.1, 0.15) is 46.4 Å². The highest BCUT2D eigenvalue weighted by atomic mass is 32.2. The first kappa shape index (κ1) is 21.6. The SMILES string of the molecule is CC[C@@H](NC(=O)c1cccc(NS(=O)(=O)c2ccc(C)cc2)c1C)c1ccccc1. The molecular formula is C24H26N2O3S. The molecule has 1 amide bonds. The molecule has 0 fully saturated rings. The van der Waals surface area contributed by atoms with Gasteiger partial charge in [-0.1, -0.05) is 61.0 Å². The van der Waals surface area contributed by atoms with Gasteiger partial charge in [-0.2, -0.15) is 0 Å². The Labute approximate surface area is 178 Å². The van der Waals surface area contributed by atoms with Crippen LogP contribution < -0.4 is 10.0 Å². The molecule has 0 heterocycles. The van der Waals surface area contributed by atoms with E-state index >= 15 is 0 Å². The van der Waals surface area contributed by atoms with Crippen molar-refractivity contribution in [1.82, 2.24) is 5.32 Å². The van der Waals surface area contributed by atoms with E-state index in [9.17, 15) is 13.2 Å². The molecule has 0 spiro atoms. The van der Waals surface area contributed by atoms with Crippen LogP contribution in [0.2, 0.25) is 0 Å². The van der Waals surface area contributed by atoms with E-state index in [-0.39, 0.29) is 16.8 Å². The Morgan fingerprint density at radius 3 is 2.20 bits per heavy atom. The Bertz CT molecular complexity index is 1120.